The number of pyridine rings is 1. The average molecular weight is 298 g/mol. The van der Waals surface area contributed by atoms with Crippen LogP contribution in [-0.4, -0.2) is 44.9 Å². The van der Waals surface area contributed by atoms with Gasteiger partial charge in [0.2, 0.25) is 0 Å². The van der Waals surface area contributed by atoms with E-state index in [0.717, 1.165) is 32.4 Å². The Bertz CT molecular complexity index is 495. The molecule has 1 aromatic heterocycles. The first kappa shape index (κ1) is 13.8. The Morgan fingerprint density at radius 3 is 2.50 bits per heavy atom. The highest BCUT2D eigenvalue weighted by molar-refractivity contribution is 7.83. The number of hydrogen-bond donors (Lipinski definition) is 1. The minimum Gasteiger partial charge on any atom is -0.396 e. The molecule has 2 aliphatic rings. The number of nitrogens with two attached hydrogens (primary N) is 1. The molecule has 0 aliphatic carbocycles. The Morgan fingerprint density at radius 2 is 1.95 bits per heavy atom. The van der Waals surface area contributed by atoms with Crippen molar-refractivity contribution in [2.24, 2.45) is 0 Å². The molecule has 110 valence electrons. The van der Waals surface area contributed by atoms with Gasteiger partial charge in [0.05, 0.1) is 40.0 Å². The van der Waals surface area contributed by atoms with Crippen molar-refractivity contribution in [2.75, 3.05) is 36.8 Å². The van der Waals surface area contributed by atoms with E-state index in [1.807, 2.05) is 9.21 Å². The van der Waals surface area contributed by atoms with Crippen molar-refractivity contribution in [1.29, 1.82) is 0 Å². The Hall–Kier alpha value is -1.21. The van der Waals surface area contributed by atoms with Crippen LogP contribution in [0.15, 0.2) is 12.4 Å². The summed E-state index contributed by atoms with van der Waals surface area (Å²) in [6.07, 6.45) is 5.43. The first-order chi connectivity index (χ1) is 9.66. The van der Waals surface area contributed by atoms with Gasteiger partial charge in [0.15, 0.2) is 5.82 Å². The third kappa shape index (κ3) is 2.52. The van der Waals surface area contributed by atoms with Crippen LogP contribution in [0, 0.1) is 5.82 Å². The van der Waals surface area contributed by atoms with Crippen LogP contribution in [0.3, 0.4) is 0 Å². The Kier molecular flexibility index (Phi) is 3.89. The van der Waals surface area contributed by atoms with Crippen molar-refractivity contribution >= 4 is 22.4 Å². The molecule has 1 atom stereocenters. The average Bonchev–Trinajstić information content (AvgIpc) is 2.37. The summed E-state index contributed by atoms with van der Waals surface area (Å²) in [5.74, 6) is -0.382. The van der Waals surface area contributed by atoms with Gasteiger partial charge in [-0.05, 0) is 19.3 Å². The molecule has 0 aromatic carbocycles. The maximum absolute atomic E-state index is 13.8. The number of halogens is 1. The summed E-state index contributed by atoms with van der Waals surface area (Å²) in [6.45, 7) is 3.27. The molecular weight excluding hydrogens is 279 g/mol. The second kappa shape index (κ2) is 5.65. The number of rotatable bonds is 3. The normalized spacial score (nSPS) is 22.6. The van der Waals surface area contributed by atoms with Crippen LogP contribution in [0.2, 0.25) is 0 Å². The van der Waals surface area contributed by atoms with Gasteiger partial charge in [-0.1, -0.05) is 0 Å². The van der Waals surface area contributed by atoms with E-state index >= 15 is 0 Å². The third-order valence-electron chi connectivity index (χ3n) is 4.01. The molecular formula is C13H19FN4OS. The van der Waals surface area contributed by atoms with Crippen LogP contribution in [0.4, 0.5) is 15.8 Å². The SMILES string of the molecule is Nc1cncc(F)c1N1CCC(S(=O)N2CCC2)CC1. The van der Waals surface area contributed by atoms with E-state index in [2.05, 4.69) is 4.98 Å². The second-order valence-electron chi connectivity index (χ2n) is 5.30. The first-order valence-electron chi connectivity index (χ1n) is 6.96. The lowest BCUT2D eigenvalue weighted by molar-refractivity contribution is 0.322. The standard InChI is InChI=1S/C13H19FN4OS/c14-11-8-16-9-12(15)13(11)17-6-2-10(3-7-17)20(19)18-4-1-5-18/h8-10H,1-7,15H2. The molecule has 2 fully saturated rings. The predicted molar refractivity (Wildman–Crippen MR) is 78.2 cm³/mol. The number of aromatic nitrogens is 1. The second-order valence-corrected chi connectivity index (χ2v) is 7.04. The summed E-state index contributed by atoms with van der Waals surface area (Å²) in [6, 6.07) is 0. The summed E-state index contributed by atoms with van der Waals surface area (Å²) in [5, 5.41) is 0.192. The lowest BCUT2D eigenvalue weighted by Crippen LogP contribution is -2.46. The number of piperidine rings is 1. The van der Waals surface area contributed by atoms with Gasteiger partial charge < -0.3 is 10.6 Å². The van der Waals surface area contributed by atoms with Crippen molar-refractivity contribution in [1.82, 2.24) is 9.29 Å². The molecule has 2 aliphatic heterocycles. The zero-order valence-corrected chi connectivity index (χ0v) is 12.1. The predicted octanol–water partition coefficient (Wildman–Crippen LogP) is 1.14. The molecule has 7 heteroatoms. The summed E-state index contributed by atoms with van der Waals surface area (Å²) in [7, 11) is -0.877. The van der Waals surface area contributed by atoms with Crippen molar-refractivity contribution in [2.45, 2.75) is 24.5 Å². The van der Waals surface area contributed by atoms with Gasteiger partial charge in [-0.25, -0.2) is 12.9 Å². The maximum Gasteiger partial charge on any atom is 0.166 e. The van der Waals surface area contributed by atoms with Crippen LogP contribution >= 0.6 is 0 Å². The smallest absolute Gasteiger partial charge is 0.166 e. The van der Waals surface area contributed by atoms with Crippen LogP contribution < -0.4 is 10.6 Å². The fourth-order valence-electron chi connectivity index (χ4n) is 2.74. The topological polar surface area (TPSA) is 62.5 Å². The molecule has 2 N–H and O–H groups in total. The van der Waals surface area contributed by atoms with Gasteiger partial charge in [-0.15, -0.1) is 0 Å². The van der Waals surface area contributed by atoms with E-state index in [4.69, 9.17) is 5.73 Å². The summed E-state index contributed by atoms with van der Waals surface area (Å²) in [5.41, 5.74) is 6.62. The number of nitrogen functional groups attached to an aromatic ring is 1. The Morgan fingerprint density at radius 1 is 1.25 bits per heavy atom. The molecule has 0 bridgehead atoms. The molecule has 0 spiro atoms. The molecule has 1 unspecified atom stereocenters. The molecule has 0 radical (unpaired) electrons. The van der Waals surface area contributed by atoms with Gasteiger partial charge in [-0.3, -0.25) is 4.98 Å². The highest BCUT2D eigenvalue weighted by atomic mass is 32.2. The van der Waals surface area contributed by atoms with Crippen molar-refractivity contribution in [3.63, 3.8) is 0 Å². The van der Waals surface area contributed by atoms with Crippen LogP contribution in [-0.2, 0) is 11.0 Å². The highest BCUT2D eigenvalue weighted by Gasteiger charge is 2.31. The van der Waals surface area contributed by atoms with E-state index in [1.165, 1.54) is 12.4 Å². The fraction of sp³-hybridized carbons (Fsp3) is 0.615. The quantitative estimate of drug-likeness (QED) is 0.909. The van der Waals surface area contributed by atoms with Crippen molar-refractivity contribution < 1.29 is 8.60 Å². The zero-order valence-electron chi connectivity index (χ0n) is 11.3. The van der Waals surface area contributed by atoms with Gasteiger partial charge in [0, 0.05) is 26.2 Å². The van der Waals surface area contributed by atoms with E-state index in [9.17, 15) is 8.60 Å². The maximum atomic E-state index is 13.8. The van der Waals surface area contributed by atoms with Gasteiger partial charge in [-0.2, -0.15) is 0 Å². The van der Waals surface area contributed by atoms with Crippen LogP contribution in [0.1, 0.15) is 19.3 Å². The minimum atomic E-state index is -0.877. The van der Waals surface area contributed by atoms with E-state index in [1.54, 1.807) is 0 Å². The summed E-state index contributed by atoms with van der Waals surface area (Å²) >= 11 is 0. The lowest BCUT2D eigenvalue weighted by atomic mass is 10.1. The Labute approximate surface area is 120 Å². The fourth-order valence-corrected chi connectivity index (χ4v) is 4.39. The van der Waals surface area contributed by atoms with Crippen molar-refractivity contribution in [3.05, 3.63) is 18.2 Å². The van der Waals surface area contributed by atoms with Gasteiger partial charge in [0.25, 0.3) is 0 Å². The van der Waals surface area contributed by atoms with Gasteiger partial charge in [0.1, 0.15) is 0 Å². The molecule has 1 aromatic rings. The molecule has 0 amide bonds. The largest absolute Gasteiger partial charge is 0.396 e. The molecule has 3 heterocycles. The Balaban J connectivity index is 1.65. The van der Waals surface area contributed by atoms with Crippen LogP contribution in [0.5, 0.6) is 0 Å². The molecule has 20 heavy (non-hydrogen) atoms. The molecule has 2 saturated heterocycles. The molecule has 5 nitrogen and oxygen atoms in total. The molecule has 0 saturated carbocycles. The number of anilines is 2. The van der Waals surface area contributed by atoms with E-state index in [0.29, 0.717) is 24.5 Å². The van der Waals surface area contributed by atoms with Crippen LogP contribution in [0.25, 0.3) is 0 Å². The minimum absolute atomic E-state index is 0.192. The lowest BCUT2D eigenvalue weighted by Gasteiger charge is -2.38. The van der Waals surface area contributed by atoms with E-state index in [-0.39, 0.29) is 11.1 Å². The highest BCUT2D eigenvalue weighted by Crippen LogP contribution is 2.30. The summed E-state index contributed by atoms with van der Waals surface area (Å²) in [4.78, 5) is 5.68. The third-order valence-corrected chi connectivity index (χ3v) is 5.93. The first-order valence-corrected chi connectivity index (χ1v) is 8.13. The van der Waals surface area contributed by atoms with E-state index < -0.39 is 11.0 Å². The number of nitrogens with zero attached hydrogens (tertiary/aromatic N) is 3. The number of hydrogen-bond acceptors (Lipinski definition) is 4. The van der Waals surface area contributed by atoms with Gasteiger partial charge >= 0.3 is 0 Å². The van der Waals surface area contributed by atoms with Crippen molar-refractivity contribution in [3.8, 4) is 0 Å². The monoisotopic (exact) mass is 298 g/mol. The molecule has 3 rings (SSSR count). The summed E-state index contributed by atoms with van der Waals surface area (Å²) < 4.78 is 28.1. The zero-order chi connectivity index (χ0) is 14.1.